The van der Waals surface area contributed by atoms with E-state index < -0.39 is 0 Å². The Kier molecular flexibility index (Phi) is 7.11. The zero-order valence-corrected chi connectivity index (χ0v) is 26.0. The molecule has 6 aromatic rings. The first-order valence-corrected chi connectivity index (χ1v) is 14.1. The van der Waals surface area contributed by atoms with Gasteiger partial charge in [-0.15, -0.1) is 17.7 Å². The summed E-state index contributed by atoms with van der Waals surface area (Å²) in [6.45, 7) is 8.35. The van der Waals surface area contributed by atoms with Crippen molar-refractivity contribution in [3.05, 3.63) is 94.7 Å². The number of hydrogen-bond acceptors (Lipinski definition) is 4. The number of pyridine rings is 2. The predicted octanol–water partition coefficient (Wildman–Crippen LogP) is 8.91. The molecular weight excluding hydrogens is 689 g/mol. The van der Waals surface area contributed by atoms with Gasteiger partial charge >= 0.3 is 0 Å². The molecule has 0 radical (unpaired) electrons. The Balaban J connectivity index is 0.00000302. The second-order valence-electron chi connectivity index (χ2n) is 11.3. The van der Waals surface area contributed by atoms with E-state index in [4.69, 9.17) is 14.7 Å². The number of aromatic nitrogens is 3. The van der Waals surface area contributed by atoms with Crippen LogP contribution in [0, 0.1) is 33.8 Å². The average Bonchev–Trinajstić information content (AvgIpc) is 3.57. The molecule has 3 aromatic heterocycles. The molecule has 3 heterocycles. The van der Waals surface area contributed by atoms with Crippen molar-refractivity contribution in [2.45, 2.75) is 59.3 Å². The van der Waals surface area contributed by atoms with E-state index >= 15 is 0 Å². The maximum atomic E-state index is 10.6. The zero-order valence-electron chi connectivity index (χ0n) is 23.7. The minimum Gasteiger partial charge on any atom is -0.506 e. The third-order valence-corrected chi connectivity index (χ3v) is 8.48. The molecule has 1 aliphatic carbocycles. The van der Waals surface area contributed by atoms with Crippen LogP contribution in [0.1, 0.15) is 59.4 Å². The van der Waals surface area contributed by atoms with Gasteiger partial charge in [-0.1, -0.05) is 47.5 Å². The largest absolute Gasteiger partial charge is 0.506 e. The van der Waals surface area contributed by atoms with Gasteiger partial charge in [-0.2, -0.15) is 0 Å². The molecule has 3 aromatic carbocycles. The molecule has 0 spiro atoms. The van der Waals surface area contributed by atoms with Crippen molar-refractivity contribution in [1.82, 2.24) is 14.5 Å². The molecular formula is C35H32N3O2Pt-. The Labute approximate surface area is 254 Å². The molecule has 7 rings (SSSR count). The minimum absolute atomic E-state index is 0. The summed E-state index contributed by atoms with van der Waals surface area (Å²) in [6.07, 6.45) is 6.68. The number of aromatic hydroxyl groups is 1. The molecule has 1 saturated carbocycles. The topological polar surface area (TPSA) is 60.2 Å². The van der Waals surface area contributed by atoms with Gasteiger partial charge in [0, 0.05) is 50.0 Å². The number of nitrogens with zero attached hydrogens (tertiary/aromatic N) is 3. The van der Waals surface area contributed by atoms with Crippen LogP contribution in [0.3, 0.4) is 0 Å². The van der Waals surface area contributed by atoms with E-state index in [9.17, 15) is 5.11 Å². The molecule has 5 nitrogen and oxygen atoms in total. The summed E-state index contributed by atoms with van der Waals surface area (Å²) in [5.41, 5.74) is 8.45. The minimum atomic E-state index is 0. The SMILES string of the molecule is Cc1ccnc(-n2c3[c-]c(Oc4cc(C)c5c(C)ccc(O)c5n4)cc(C4CCCC4)c3c3c(C)cccc32)c1.[Pt]. The smallest absolute Gasteiger partial charge is 0.217 e. The van der Waals surface area contributed by atoms with Crippen LogP contribution in [0.25, 0.3) is 38.5 Å². The number of phenols is 1. The Bertz CT molecular complexity index is 1950. The van der Waals surface area contributed by atoms with Crippen molar-refractivity contribution in [3.8, 4) is 23.2 Å². The maximum Gasteiger partial charge on any atom is 0.217 e. The summed E-state index contributed by atoms with van der Waals surface area (Å²) in [5, 5.41) is 14.1. The van der Waals surface area contributed by atoms with E-state index in [1.165, 1.54) is 47.6 Å². The van der Waals surface area contributed by atoms with Crippen LogP contribution in [0.5, 0.6) is 17.4 Å². The molecule has 1 aliphatic rings. The summed E-state index contributed by atoms with van der Waals surface area (Å²) < 4.78 is 8.73. The number of benzene rings is 3. The number of aryl methyl sites for hydroxylation is 4. The molecule has 6 heteroatoms. The zero-order chi connectivity index (χ0) is 27.5. The first kappa shape index (κ1) is 27.5. The quantitative estimate of drug-likeness (QED) is 0.185. The Morgan fingerprint density at radius 3 is 2.44 bits per heavy atom. The molecule has 0 bridgehead atoms. The van der Waals surface area contributed by atoms with Crippen molar-refractivity contribution >= 4 is 32.7 Å². The second-order valence-corrected chi connectivity index (χ2v) is 11.3. The Hall–Kier alpha value is -3.69. The van der Waals surface area contributed by atoms with E-state index in [0.717, 1.165) is 38.9 Å². The number of fused-ring (bicyclic) bond motifs is 4. The standard InChI is InChI=1S/C35H32N3O2.Pt/c1-20-14-15-36-30(16-20)38-27-11-7-8-21(2)33(27)34-26(24-9-5-6-10-24)18-25(19-28(34)38)40-31-17-23(4)32-22(3)12-13-29(39)35(32)37-31;/h7-8,11-18,24,39H,5-6,9-10H2,1-4H3;/q-1;. The van der Waals surface area contributed by atoms with E-state index in [0.29, 0.717) is 23.1 Å². The van der Waals surface area contributed by atoms with E-state index in [1.807, 2.05) is 38.2 Å². The van der Waals surface area contributed by atoms with Crippen molar-refractivity contribution in [3.63, 3.8) is 0 Å². The Morgan fingerprint density at radius 1 is 0.878 bits per heavy atom. The molecule has 0 aliphatic heterocycles. The molecule has 1 fully saturated rings. The van der Waals surface area contributed by atoms with Crippen molar-refractivity contribution < 1.29 is 30.9 Å². The summed E-state index contributed by atoms with van der Waals surface area (Å²) in [7, 11) is 0. The summed E-state index contributed by atoms with van der Waals surface area (Å²) in [6, 6.07) is 22.0. The molecule has 0 atom stereocenters. The fourth-order valence-electron chi connectivity index (χ4n) is 6.63. The second kappa shape index (κ2) is 10.6. The normalized spacial score (nSPS) is 13.8. The molecule has 210 valence electrons. The van der Waals surface area contributed by atoms with Crippen LogP contribution in [-0.2, 0) is 21.1 Å². The monoisotopic (exact) mass is 721 g/mol. The van der Waals surface area contributed by atoms with Crippen LogP contribution >= 0.6 is 0 Å². The molecule has 0 unspecified atom stereocenters. The average molecular weight is 722 g/mol. The van der Waals surface area contributed by atoms with Crippen LogP contribution in [0.15, 0.2) is 60.8 Å². The van der Waals surface area contributed by atoms with Gasteiger partial charge in [-0.05, 0) is 92.8 Å². The number of phenolic OH excluding ortho intramolecular Hbond substituents is 1. The van der Waals surface area contributed by atoms with Crippen LogP contribution in [-0.4, -0.2) is 19.6 Å². The van der Waals surface area contributed by atoms with Crippen molar-refractivity contribution in [2.24, 2.45) is 0 Å². The van der Waals surface area contributed by atoms with E-state index in [1.54, 1.807) is 6.07 Å². The van der Waals surface area contributed by atoms with Crippen molar-refractivity contribution in [2.75, 3.05) is 0 Å². The third kappa shape index (κ3) is 4.61. The third-order valence-electron chi connectivity index (χ3n) is 8.48. The van der Waals surface area contributed by atoms with Gasteiger partial charge in [0.1, 0.15) is 17.1 Å². The van der Waals surface area contributed by atoms with Crippen LogP contribution in [0.2, 0.25) is 0 Å². The number of hydrogen-bond donors (Lipinski definition) is 1. The van der Waals surface area contributed by atoms with Gasteiger partial charge in [0.05, 0.1) is 0 Å². The first-order chi connectivity index (χ1) is 19.4. The van der Waals surface area contributed by atoms with E-state index in [-0.39, 0.29) is 26.8 Å². The fraction of sp³-hybridized carbons (Fsp3) is 0.257. The molecule has 0 amide bonds. The predicted molar refractivity (Wildman–Crippen MR) is 161 cm³/mol. The van der Waals surface area contributed by atoms with Gasteiger partial charge in [0.15, 0.2) is 0 Å². The molecule has 41 heavy (non-hydrogen) atoms. The maximum absolute atomic E-state index is 10.6. The Morgan fingerprint density at radius 2 is 1.66 bits per heavy atom. The molecule has 1 N–H and O–H groups in total. The van der Waals surface area contributed by atoms with Gasteiger partial charge in [-0.25, -0.2) is 9.97 Å². The van der Waals surface area contributed by atoms with Gasteiger partial charge < -0.3 is 14.4 Å². The van der Waals surface area contributed by atoms with Crippen LogP contribution < -0.4 is 4.74 Å². The van der Waals surface area contributed by atoms with Crippen molar-refractivity contribution in [1.29, 1.82) is 0 Å². The van der Waals surface area contributed by atoms with Gasteiger partial charge in [0.25, 0.3) is 0 Å². The molecule has 0 saturated heterocycles. The van der Waals surface area contributed by atoms with Crippen LogP contribution in [0.4, 0.5) is 0 Å². The first-order valence-electron chi connectivity index (χ1n) is 14.1. The summed E-state index contributed by atoms with van der Waals surface area (Å²) in [5.74, 6) is 2.56. The summed E-state index contributed by atoms with van der Waals surface area (Å²) in [4.78, 5) is 9.52. The number of rotatable bonds is 4. The fourth-order valence-corrected chi connectivity index (χ4v) is 6.63. The number of ether oxygens (including phenoxy) is 1. The van der Waals surface area contributed by atoms with Gasteiger partial charge in [-0.3, -0.25) is 0 Å². The van der Waals surface area contributed by atoms with Gasteiger partial charge in [0.2, 0.25) is 5.88 Å². The van der Waals surface area contributed by atoms with E-state index in [2.05, 4.69) is 54.8 Å². The summed E-state index contributed by atoms with van der Waals surface area (Å²) >= 11 is 0.